The Morgan fingerprint density at radius 2 is 1.82 bits per heavy atom. The van der Waals surface area contributed by atoms with E-state index in [0.29, 0.717) is 5.56 Å². The molecule has 0 aromatic heterocycles. The van der Waals surface area contributed by atoms with Crippen LogP contribution in [0.4, 0.5) is 0 Å². The number of ether oxygens (including phenoxy) is 1. The Morgan fingerprint density at radius 3 is 2.35 bits per heavy atom. The number of ketones is 1. The smallest absolute Gasteiger partial charge is 0.307 e. The highest BCUT2D eigenvalue weighted by molar-refractivity contribution is 6.18. The molecule has 0 atom stereocenters. The molecule has 0 bridgehead atoms. The van der Waals surface area contributed by atoms with Crippen LogP contribution >= 0.6 is 11.6 Å². The average Bonchev–Trinajstić information content (AvgIpc) is 2.28. The second-order valence-corrected chi connectivity index (χ2v) is 4.50. The molecule has 0 heterocycles. The summed E-state index contributed by atoms with van der Waals surface area (Å²) in [5, 5.41) is 0. The van der Waals surface area contributed by atoms with Crippen LogP contribution in [0.25, 0.3) is 0 Å². The standard InChI is InChI=1S/C13H15ClO3/c1-13(2,17-11(15)8-9-14)12(16)10-6-4-3-5-7-10/h3-7H,8-9H2,1-2H3. The topological polar surface area (TPSA) is 43.4 Å². The van der Waals surface area contributed by atoms with Gasteiger partial charge in [-0.15, -0.1) is 11.6 Å². The Kier molecular flexibility index (Phi) is 4.70. The molecule has 0 aliphatic heterocycles. The van der Waals surface area contributed by atoms with Crippen LogP contribution in [0.5, 0.6) is 0 Å². The maximum Gasteiger partial charge on any atom is 0.307 e. The van der Waals surface area contributed by atoms with E-state index in [-0.39, 0.29) is 18.1 Å². The van der Waals surface area contributed by atoms with Crippen LogP contribution in [0.15, 0.2) is 30.3 Å². The first-order chi connectivity index (χ1) is 7.97. The lowest BCUT2D eigenvalue weighted by Gasteiger charge is -2.23. The van der Waals surface area contributed by atoms with Crippen molar-refractivity contribution in [2.24, 2.45) is 0 Å². The highest BCUT2D eigenvalue weighted by atomic mass is 35.5. The van der Waals surface area contributed by atoms with Crippen LogP contribution in [0.1, 0.15) is 30.6 Å². The number of carbonyl (C=O) groups excluding carboxylic acids is 2. The number of alkyl halides is 1. The first kappa shape index (κ1) is 13.7. The molecule has 1 aromatic rings. The highest BCUT2D eigenvalue weighted by Gasteiger charge is 2.32. The van der Waals surface area contributed by atoms with Gasteiger partial charge in [-0.25, -0.2) is 0 Å². The van der Waals surface area contributed by atoms with E-state index in [1.807, 2.05) is 6.07 Å². The molecule has 0 saturated carbocycles. The fourth-order valence-electron chi connectivity index (χ4n) is 1.40. The zero-order chi connectivity index (χ0) is 12.9. The summed E-state index contributed by atoms with van der Waals surface area (Å²) in [6, 6.07) is 8.75. The van der Waals surface area contributed by atoms with Crippen molar-refractivity contribution in [1.29, 1.82) is 0 Å². The lowest BCUT2D eigenvalue weighted by Crippen LogP contribution is -2.37. The molecule has 1 aromatic carbocycles. The molecule has 1 rings (SSSR count). The van der Waals surface area contributed by atoms with Gasteiger partial charge in [0.05, 0.1) is 6.42 Å². The molecule has 0 aliphatic rings. The van der Waals surface area contributed by atoms with Crippen LogP contribution in [0, 0.1) is 0 Å². The fourth-order valence-corrected chi connectivity index (χ4v) is 1.55. The van der Waals surface area contributed by atoms with Gasteiger partial charge in [0.1, 0.15) is 0 Å². The van der Waals surface area contributed by atoms with E-state index in [2.05, 4.69) is 0 Å². The molecule has 0 spiro atoms. The van der Waals surface area contributed by atoms with Gasteiger partial charge in [-0.1, -0.05) is 30.3 Å². The normalized spacial score (nSPS) is 11.0. The molecule has 0 aliphatic carbocycles. The second-order valence-electron chi connectivity index (χ2n) is 4.12. The molecule has 0 N–H and O–H groups in total. The summed E-state index contributed by atoms with van der Waals surface area (Å²) in [6.45, 7) is 3.16. The predicted octanol–water partition coefficient (Wildman–Crippen LogP) is 2.82. The van der Waals surface area contributed by atoms with E-state index in [0.717, 1.165) is 0 Å². The molecule has 0 radical (unpaired) electrons. The molecule has 0 amide bonds. The van der Waals surface area contributed by atoms with Crippen molar-refractivity contribution in [1.82, 2.24) is 0 Å². The van der Waals surface area contributed by atoms with Gasteiger partial charge in [-0.2, -0.15) is 0 Å². The van der Waals surface area contributed by atoms with Gasteiger partial charge in [0, 0.05) is 11.4 Å². The number of rotatable bonds is 5. The average molecular weight is 255 g/mol. The Balaban J connectivity index is 2.77. The number of Topliss-reactive ketones (excluding diaryl/α,β-unsaturated/α-hetero) is 1. The van der Waals surface area contributed by atoms with Gasteiger partial charge in [0.15, 0.2) is 5.60 Å². The van der Waals surface area contributed by atoms with Gasteiger partial charge >= 0.3 is 5.97 Å². The first-order valence-electron chi connectivity index (χ1n) is 5.35. The van der Waals surface area contributed by atoms with Gasteiger partial charge in [0.2, 0.25) is 5.78 Å². The summed E-state index contributed by atoms with van der Waals surface area (Å²) in [4.78, 5) is 23.4. The predicted molar refractivity (Wildman–Crippen MR) is 66.3 cm³/mol. The van der Waals surface area contributed by atoms with Gasteiger partial charge < -0.3 is 4.74 Å². The molecule has 17 heavy (non-hydrogen) atoms. The van der Waals surface area contributed by atoms with Crippen molar-refractivity contribution < 1.29 is 14.3 Å². The molecule has 4 heteroatoms. The van der Waals surface area contributed by atoms with E-state index < -0.39 is 11.6 Å². The molecule has 0 fully saturated rings. The monoisotopic (exact) mass is 254 g/mol. The minimum absolute atomic E-state index is 0.104. The summed E-state index contributed by atoms with van der Waals surface area (Å²) >= 11 is 5.44. The van der Waals surface area contributed by atoms with E-state index >= 15 is 0 Å². The molecular weight excluding hydrogens is 240 g/mol. The largest absolute Gasteiger partial charge is 0.451 e. The van der Waals surface area contributed by atoms with E-state index in [9.17, 15) is 9.59 Å². The van der Waals surface area contributed by atoms with Crippen molar-refractivity contribution in [3.8, 4) is 0 Å². The molecule has 0 saturated heterocycles. The summed E-state index contributed by atoms with van der Waals surface area (Å²) in [6.07, 6.45) is 0.104. The third-order valence-electron chi connectivity index (χ3n) is 2.25. The maximum absolute atomic E-state index is 12.1. The summed E-state index contributed by atoms with van der Waals surface area (Å²) < 4.78 is 5.12. The summed E-state index contributed by atoms with van der Waals surface area (Å²) in [7, 11) is 0. The van der Waals surface area contributed by atoms with Crippen LogP contribution in [0.3, 0.4) is 0 Å². The lowest BCUT2D eigenvalue weighted by molar-refractivity contribution is -0.152. The number of esters is 1. The van der Waals surface area contributed by atoms with E-state index in [1.54, 1.807) is 38.1 Å². The van der Waals surface area contributed by atoms with Crippen molar-refractivity contribution in [3.05, 3.63) is 35.9 Å². The third-order valence-corrected chi connectivity index (χ3v) is 2.44. The minimum atomic E-state index is -1.16. The minimum Gasteiger partial charge on any atom is -0.451 e. The number of halogens is 1. The van der Waals surface area contributed by atoms with E-state index in [1.165, 1.54) is 0 Å². The number of hydrogen-bond donors (Lipinski definition) is 0. The number of carbonyl (C=O) groups is 2. The zero-order valence-electron chi connectivity index (χ0n) is 9.90. The number of hydrogen-bond acceptors (Lipinski definition) is 3. The highest BCUT2D eigenvalue weighted by Crippen LogP contribution is 2.18. The first-order valence-corrected chi connectivity index (χ1v) is 5.88. The summed E-state index contributed by atoms with van der Waals surface area (Å²) in [5.74, 6) is -0.496. The second kappa shape index (κ2) is 5.82. The van der Waals surface area contributed by atoms with Gasteiger partial charge in [-0.05, 0) is 13.8 Å². The SMILES string of the molecule is CC(C)(OC(=O)CCCl)C(=O)c1ccccc1. The van der Waals surface area contributed by atoms with Crippen molar-refractivity contribution >= 4 is 23.4 Å². The molecule has 92 valence electrons. The van der Waals surface area contributed by atoms with Crippen LogP contribution in [0.2, 0.25) is 0 Å². The van der Waals surface area contributed by atoms with Crippen molar-refractivity contribution in [2.75, 3.05) is 5.88 Å². The van der Waals surface area contributed by atoms with E-state index in [4.69, 9.17) is 16.3 Å². The number of benzene rings is 1. The van der Waals surface area contributed by atoms with Crippen molar-refractivity contribution in [3.63, 3.8) is 0 Å². The summed E-state index contributed by atoms with van der Waals surface area (Å²) in [5.41, 5.74) is -0.638. The van der Waals surface area contributed by atoms with Crippen molar-refractivity contribution in [2.45, 2.75) is 25.9 Å². The molecule has 3 nitrogen and oxygen atoms in total. The maximum atomic E-state index is 12.1. The van der Waals surface area contributed by atoms with Crippen LogP contribution in [-0.4, -0.2) is 23.2 Å². The zero-order valence-corrected chi connectivity index (χ0v) is 10.7. The lowest BCUT2D eigenvalue weighted by atomic mass is 9.96. The van der Waals surface area contributed by atoms with Crippen LogP contribution < -0.4 is 0 Å². The van der Waals surface area contributed by atoms with Gasteiger partial charge in [-0.3, -0.25) is 9.59 Å². The Labute approximate surface area is 106 Å². The molecular formula is C13H15ClO3. The van der Waals surface area contributed by atoms with Crippen LogP contribution in [-0.2, 0) is 9.53 Å². The third kappa shape index (κ3) is 3.86. The quantitative estimate of drug-likeness (QED) is 0.461. The fraction of sp³-hybridized carbons (Fsp3) is 0.385. The molecule has 0 unspecified atom stereocenters. The Bertz CT molecular complexity index is 398. The Morgan fingerprint density at radius 1 is 1.24 bits per heavy atom. The van der Waals surface area contributed by atoms with Gasteiger partial charge in [0.25, 0.3) is 0 Å². The Hall–Kier alpha value is -1.35.